The number of benzene rings is 6. The number of aromatic nitrogens is 1. The minimum Gasteiger partial charge on any atom is -0.355 e. The molecule has 1 aliphatic rings. The molecule has 0 aliphatic heterocycles. The van der Waals surface area contributed by atoms with Gasteiger partial charge in [-0.25, -0.2) is 0 Å². The molecule has 1 atom stereocenters. The van der Waals surface area contributed by atoms with E-state index >= 15 is 0 Å². The topological polar surface area (TPSA) is 15.8 Å². The van der Waals surface area contributed by atoms with Gasteiger partial charge in [0.1, 0.15) is 0 Å². The molecule has 0 radical (unpaired) electrons. The molecule has 0 saturated heterocycles. The number of aromatic amines is 1. The third kappa shape index (κ3) is 3.86. The summed E-state index contributed by atoms with van der Waals surface area (Å²) in [6, 6.07) is 51.4. The average molecular weight is 512 g/mol. The van der Waals surface area contributed by atoms with Gasteiger partial charge in [0.05, 0.1) is 0 Å². The van der Waals surface area contributed by atoms with E-state index in [1.807, 2.05) is 0 Å². The number of hydrogen-bond acceptors (Lipinski definition) is 0. The van der Waals surface area contributed by atoms with Gasteiger partial charge < -0.3 is 4.98 Å². The Bertz CT molecular complexity index is 2010. The van der Waals surface area contributed by atoms with Crippen molar-refractivity contribution >= 4 is 21.8 Å². The molecule has 7 aromatic rings. The molecule has 0 bridgehead atoms. The van der Waals surface area contributed by atoms with Gasteiger partial charge in [-0.3, -0.25) is 0 Å². The minimum atomic E-state index is 0.360. The largest absolute Gasteiger partial charge is 0.355 e. The van der Waals surface area contributed by atoms with Crippen LogP contribution in [0.25, 0.3) is 55.2 Å². The Morgan fingerprint density at radius 3 is 2.15 bits per heavy atom. The van der Waals surface area contributed by atoms with Crippen LogP contribution in [0.3, 0.4) is 0 Å². The van der Waals surface area contributed by atoms with E-state index in [0.29, 0.717) is 5.92 Å². The summed E-state index contributed by atoms with van der Waals surface area (Å²) >= 11 is 0. The number of H-pyrrole nitrogens is 1. The van der Waals surface area contributed by atoms with Crippen molar-refractivity contribution in [2.45, 2.75) is 18.8 Å². The zero-order valence-corrected chi connectivity index (χ0v) is 22.3. The normalized spacial score (nSPS) is 14.6. The summed E-state index contributed by atoms with van der Waals surface area (Å²) in [7, 11) is 0. The molecule has 0 saturated carbocycles. The molecule has 1 N–H and O–H groups in total. The first-order valence-electron chi connectivity index (χ1n) is 14.2. The number of fused-ring (bicyclic) bond motifs is 6. The highest BCUT2D eigenvalue weighted by Crippen LogP contribution is 2.43. The molecule has 40 heavy (non-hydrogen) atoms. The molecule has 6 aromatic carbocycles. The summed E-state index contributed by atoms with van der Waals surface area (Å²) in [6.07, 6.45) is 2.16. The smallest absolute Gasteiger partial charge is 0.0465 e. The second-order valence-electron chi connectivity index (χ2n) is 11.0. The first-order valence-corrected chi connectivity index (χ1v) is 14.2. The summed E-state index contributed by atoms with van der Waals surface area (Å²) in [5.74, 6) is 0.360. The van der Waals surface area contributed by atoms with E-state index in [-0.39, 0.29) is 0 Å². The van der Waals surface area contributed by atoms with Crippen LogP contribution >= 0.6 is 0 Å². The maximum absolute atomic E-state index is 3.56. The van der Waals surface area contributed by atoms with Crippen LogP contribution in [-0.4, -0.2) is 4.98 Å². The van der Waals surface area contributed by atoms with Crippen LogP contribution in [0, 0.1) is 0 Å². The molecule has 0 amide bonds. The monoisotopic (exact) mass is 511 g/mol. The maximum atomic E-state index is 3.56. The van der Waals surface area contributed by atoms with Crippen molar-refractivity contribution in [2.75, 3.05) is 0 Å². The molecule has 1 aromatic heterocycles. The van der Waals surface area contributed by atoms with Crippen LogP contribution < -0.4 is 0 Å². The first kappa shape index (κ1) is 23.0. The molecule has 0 spiro atoms. The Kier molecular flexibility index (Phi) is 5.41. The highest BCUT2D eigenvalue weighted by Gasteiger charge is 2.24. The standard InChI is InChI=1S/C39H29N/c1-2-9-26(10-3-1)28-11-8-12-31(23-28)32-21-19-27-17-18-29(24-36(27)34-14-5-4-13-33(32)34)30-20-22-39-37(25-30)35-15-6-7-16-38(35)40-39/h1-18,20,22-25,32,40H,19,21H2. The Morgan fingerprint density at radius 2 is 1.20 bits per heavy atom. The summed E-state index contributed by atoms with van der Waals surface area (Å²) in [6.45, 7) is 0. The van der Waals surface area contributed by atoms with Gasteiger partial charge in [-0.05, 0) is 87.2 Å². The zero-order valence-electron chi connectivity index (χ0n) is 22.3. The Hall–Kier alpha value is -4.88. The number of hydrogen-bond donors (Lipinski definition) is 1. The van der Waals surface area contributed by atoms with Gasteiger partial charge in [0.25, 0.3) is 0 Å². The van der Waals surface area contributed by atoms with Crippen molar-refractivity contribution in [3.8, 4) is 33.4 Å². The van der Waals surface area contributed by atoms with Crippen LogP contribution in [0.2, 0.25) is 0 Å². The van der Waals surface area contributed by atoms with Crippen molar-refractivity contribution in [3.05, 3.63) is 156 Å². The van der Waals surface area contributed by atoms with Crippen molar-refractivity contribution < 1.29 is 0 Å². The van der Waals surface area contributed by atoms with Crippen LogP contribution in [0.4, 0.5) is 0 Å². The van der Waals surface area contributed by atoms with Gasteiger partial charge in [-0.15, -0.1) is 0 Å². The molecule has 8 rings (SSSR count). The van der Waals surface area contributed by atoms with Gasteiger partial charge >= 0.3 is 0 Å². The van der Waals surface area contributed by atoms with Gasteiger partial charge in [-0.2, -0.15) is 0 Å². The van der Waals surface area contributed by atoms with E-state index < -0.39 is 0 Å². The van der Waals surface area contributed by atoms with Gasteiger partial charge in [0.2, 0.25) is 0 Å². The predicted octanol–water partition coefficient (Wildman–Crippen LogP) is 10.4. The lowest BCUT2D eigenvalue weighted by Gasteiger charge is -2.19. The summed E-state index contributed by atoms with van der Waals surface area (Å²) in [5.41, 5.74) is 14.4. The van der Waals surface area contributed by atoms with Crippen molar-refractivity contribution in [1.82, 2.24) is 4.98 Å². The number of nitrogens with one attached hydrogen (secondary N) is 1. The Balaban J connectivity index is 1.23. The van der Waals surface area contributed by atoms with Crippen LogP contribution in [0.5, 0.6) is 0 Å². The lowest BCUT2D eigenvalue weighted by atomic mass is 9.84. The summed E-state index contributed by atoms with van der Waals surface area (Å²) < 4.78 is 0. The van der Waals surface area contributed by atoms with E-state index in [9.17, 15) is 0 Å². The fraction of sp³-hybridized carbons (Fsp3) is 0.0769. The second-order valence-corrected chi connectivity index (χ2v) is 11.0. The second kappa shape index (κ2) is 9.39. The molecular formula is C39H29N. The third-order valence-electron chi connectivity index (χ3n) is 8.67. The maximum Gasteiger partial charge on any atom is 0.0465 e. The van der Waals surface area contributed by atoms with Crippen molar-refractivity contribution in [3.63, 3.8) is 0 Å². The number of para-hydroxylation sites is 1. The van der Waals surface area contributed by atoms with Crippen molar-refractivity contribution in [1.29, 1.82) is 0 Å². The van der Waals surface area contributed by atoms with Crippen LogP contribution in [-0.2, 0) is 6.42 Å². The third-order valence-corrected chi connectivity index (χ3v) is 8.67. The number of rotatable bonds is 3. The Labute approximate surface area is 234 Å². The van der Waals surface area contributed by atoms with E-state index in [2.05, 4.69) is 145 Å². The lowest BCUT2D eigenvalue weighted by molar-refractivity contribution is 0.726. The molecule has 190 valence electrons. The lowest BCUT2D eigenvalue weighted by Crippen LogP contribution is -2.02. The summed E-state index contributed by atoms with van der Waals surface area (Å²) in [5, 5.41) is 2.56. The SMILES string of the molecule is c1ccc(-c2cccc(C3CCc4ccc(-c5ccc6[nH]c7ccccc7c6c5)cc4-c4ccccc43)c2)cc1. The molecule has 0 fully saturated rings. The van der Waals surface area contributed by atoms with E-state index in [1.54, 1.807) is 0 Å². The van der Waals surface area contributed by atoms with Gasteiger partial charge in [0, 0.05) is 27.7 Å². The molecule has 1 heterocycles. The van der Waals surface area contributed by atoms with Crippen LogP contribution in [0.1, 0.15) is 29.0 Å². The fourth-order valence-corrected chi connectivity index (χ4v) is 6.67. The van der Waals surface area contributed by atoms with Crippen molar-refractivity contribution in [2.24, 2.45) is 0 Å². The van der Waals surface area contributed by atoms with Gasteiger partial charge in [-0.1, -0.05) is 115 Å². The predicted molar refractivity (Wildman–Crippen MR) is 169 cm³/mol. The van der Waals surface area contributed by atoms with Crippen LogP contribution in [0.15, 0.2) is 140 Å². The number of aryl methyl sites for hydroxylation is 1. The van der Waals surface area contributed by atoms with E-state index in [4.69, 9.17) is 0 Å². The van der Waals surface area contributed by atoms with Gasteiger partial charge in [0.15, 0.2) is 0 Å². The minimum absolute atomic E-state index is 0.360. The molecule has 1 unspecified atom stereocenters. The fourth-order valence-electron chi connectivity index (χ4n) is 6.67. The molecule has 1 aliphatic carbocycles. The summed E-state index contributed by atoms with van der Waals surface area (Å²) in [4.78, 5) is 3.56. The zero-order chi connectivity index (χ0) is 26.5. The van der Waals surface area contributed by atoms with E-state index in [1.165, 1.54) is 71.9 Å². The Morgan fingerprint density at radius 1 is 0.475 bits per heavy atom. The first-order chi connectivity index (χ1) is 19.8. The van der Waals surface area contributed by atoms with E-state index in [0.717, 1.165) is 12.8 Å². The highest BCUT2D eigenvalue weighted by atomic mass is 14.7. The molecule has 1 heteroatoms. The molecular weight excluding hydrogens is 482 g/mol. The average Bonchev–Trinajstić information content (AvgIpc) is 3.31. The quantitative estimate of drug-likeness (QED) is 0.243. The highest BCUT2D eigenvalue weighted by molar-refractivity contribution is 6.08. The molecule has 1 nitrogen and oxygen atoms in total.